The largest absolute Gasteiger partial charge is 0.344 e. The molecule has 0 saturated carbocycles. The minimum absolute atomic E-state index is 0.0213. The van der Waals surface area contributed by atoms with E-state index >= 15 is 0 Å². The van der Waals surface area contributed by atoms with Crippen molar-refractivity contribution >= 4 is 34.7 Å². The number of aromatic nitrogens is 4. The monoisotopic (exact) mass is 389 g/mol. The molecule has 138 valence electrons. The molecule has 0 aliphatic carbocycles. The predicted molar refractivity (Wildman–Crippen MR) is 108 cm³/mol. The highest BCUT2D eigenvalue weighted by Gasteiger charge is 2.36. The molecule has 3 heterocycles. The van der Waals surface area contributed by atoms with E-state index in [1.807, 2.05) is 17.7 Å². The van der Waals surface area contributed by atoms with E-state index in [2.05, 4.69) is 52.7 Å². The number of benzene rings is 1. The van der Waals surface area contributed by atoms with Gasteiger partial charge in [-0.05, 0) is 51.3 Å². The van der Waals surface area contributed by atoms with Gasteiger partial charge in [-0.3, -0.25) is 10.00 Å². The normalized spacial score (nSPS) is 17.0. The van der Waals surface area contributed by atoms with Gasteiger partial charge in [0.15, 0.2) is 4.77 Å². The van der Waals surface area contributed by atoms with Gasteiger partial charge in [-0.2, -0.15) is 5.10 Å². The number of nitrogens with one attached hydrogen (secondary N) is 1. The van der Waals surface area contributed by atoms with Gasteiger partial charge >= 0.3 is 0 Å². The van der Waals surface area contributed by atoms with Gasteiger partial charge in [-0.25, -0.2) is 0 Å². The number of aryl methyl sites for hydroxylation is 2. The van der Waals surface area contributed by atoms with Gasteiger partial charge < -0.3 is 9.13 Å². The van der Waals surface area contributed by atoms with Crippen LogP contribution in [0.15, 0.2) is 18.2 Å². The molecule has 1 aliphatic heterocycles. The number of rotatable bonds is 3. The van der Waals surface area contributed by atoms with Crippen LogP contribution in [-0.2, 0) is 32.0 Å². The zero-order chi connectivity index (χ0) is 18.6. The van der Waals surface area contributed by atoms with E-state index in [9.17, 15) is 0 Å². The number of nitrogens with zero attached hydrogens (tertiary/aromatic N) is 4. The molecule has 1 aliphatic rings. The predicted octanol–water partition coefficient (Wildman–Crippen LogP) is 4.05. The number of H-pyrrole nitrogens is 1. The Morgan fingerprint density at radius 2 is 2.08 bits per heavy atom. The molecule has 2 aromatic heterocycles. The molecule has 0 unspecified atom stereocenters. The summed E-state index contributed by atoms with van der Waals surface area (Å²) in [6, 6.07) is 6.25. The molecule has 0 saturated heterocycles. The smallest absolute Gasteiger partial charge is 0.194 e. The zero-order valence-corrected chi connectivity index (χ0v) is 17.2. The van der Waals surface area contributed by atoms with Gasteiger partial charge in [0.1, 0.15) is 5.82 Å². The fraction of sp³-hybridized carbons (Fsp3) is 0.474. The van der Waals surface area contributed by atoms with Gasteiger partial charge in [0, 0.05) is 65.7 Å². The maximum atomic E-state index is 6.34. The molecule has 5 nitrogen and oxygen atoms in total. The molecule has 0 fully saturated rings. The third-order valence-electron chi connectivity index (χ3n) is 5.91. The Kier molecular flexibility index (Phi) is 4.25. The Morgan fingerprint density at radius 1 is 1.31 bits per heavy atom. The second-order valence-corrected chi connectivity index (χ2v) is 8.44. The van der Waals surface area contributed by atoms with Gasteiger partial charge in [0.05, 0.1) is 0 Å². The van der Waals surface area contributed by atoms with Crippen molar-refractivity contribution in [3.8, 4) is 0 Å². The fourth-order valence-corrected chi connectivity index (χ4v) is 4.46. The van der Waals surface area contributed by atoms with Crippen molar-refractivity contribution in [3.05, 3.63) is 45.1 Å². The van der Waals surface area contributed by atoms with Gasteiger partial charge in [0.25, 0.3) is 0 Å². The topological polar surface area (TPSA) is 41.8 Å². The van der Waals surface area contributed by atoms with Crippen molar-refractivity contribution in [1.82, 2.24) is 24.2 Å². The summed E-state index contributed by atoms with van der Waals surface area (Å²) in [5.74, 6) is 0.978. The Balaban J connectivity index is 1.85. The number of aromatic amines is 1. The molecule has 26 heavy (non-hydrogen) atoms. The molecule has 0 amide bonds. The van der Waals surface area contributed by atoms with Crippen LogP contribution >= 0.6 is 23.8 Å². The third kappa shape index (κ3) is 2.63. The summed E-state index contributed by atoms with van der Waals surface area (Å²) in [5, 5.41) is 9.29. The van der Waals surface area contributed by atoms with Crippen molar-refractivity contribution in [2.45, 2.75) is 38.8 Å². The minimum atomic E-state index is -0.0213. The van der Waals surface area contributed by atoms with Crippen molar-refractivity contribution in [3.63, 3.8) is 0 Å². The van der Waals surface area contributed by atoms with Crippen LogP contribution in [0.25, 0.3) is 10.9 Å². The van der Waals surface area contributed by atoms with Crippen molar-refractivity contribution in [1.29, 1.82) is 0 Å². The summed E-state index contributed by atoms with van der Waals surface area (Å²) < 4.78 is 5.06. The summed E-state index contributed by atoms with van der Waals surface area (Å²) >= 11 is 11.6. The molecular weight excluding hydrogens is 366 g/mol. The number of likely N-dealkylation sites (N-methyl/N-ethyl adjacent to an activating group) is 1. The van der Waals surface area contributed by atoms with Crippen molar-refractivity contribution in [2.24, 2.45) is 7.05 Å². The van der Waals surface area contributed by atoms with Crippen molar-refractivity contribution in [2.75, 3.05) is 13.6 Å². The Morgan fingerprint density at radius 3 is 2.77 bits per heavy atom. The first kappa shape index (κ1) is 17.8. The van der Waals surface area contributed by atoms with Crippen LogP contribution in [0.4, 0.5) is 0 Å². The summed E-state index contributed by atoms with van der Waals surface area (Å²) in [5.41, 5.74) is 4.05. The van der Waals surface area contributed by atoms with Crippen LogP contribution in [0.1, 0.15) is 30.9 Å². The average Bonchev–Trinajstić information content (AvgIpc) is 3.08. The molecule has 0 bridgehead atoms. The van der Waals surface area contributed by atoms with Gasteiger partial charge in [0.2, 0.25) is 0 Å². The minimum Gasteiger partial charge on any atom is -0.344 e. The standard InChI is InChI=1S/C19H24ClN5S/c1-19(2)17-13-11-12(20)5-6-14(13)25(15(17)7-9-23(19)3)10-8-16-21-22-18(26)24(16)4/h5-6,11H,7-10H2,1-4H3,(H,22,26). The molecular formula is C19H24ClN5S. The number of halogens is 1. The molecule has 4 rings (SSSR count). The van der Waals surface area contributed by atoms with Crippen LogP contribution in [0.2, 0.25) is 5.02 Å². The summed E-state index contributed by atoms with van der Waals surface area (Å²) in [7, 11) is 4.16. The van der Waals surface area contributed by atoms with Crippen LogP contribution in [-0.4, -0.2) is 37.8 Å². The average molecular weight is 390 g/mol. The lowest BCUT2D eigenvalue weighted by atomic mass is 9.86. The molecule has 1 N–H and O–H groups in total. The van der Waals surface area contributed by atoms with Gasteiger partial charge in [-0.15, -0.1) is 0 Å². The van der Waals surface area contributed by atoms with Crippen molar-refractivity contribution < 1.29 is 0 Å². The first-order valence-electron chi connectivity index (χ1n) is 8.93. The molecule has 3 aromatic rings. The van der Waals surface area contributed by atoms with E-state index in [0.717, 1.165) is 36.8 Å². The van der Waals surface area contributed by atoms with Crippen LogP contribution in [0.5, 0.6) is 0 Å². The lowest BCUT2D eigenvalue weighted by Crippen LogP contribution is -2.44. The maximum Gasteiger partial charge on any atom is 0.194 e. The van der Waals surface area contributed by atoms with E-state index in [4.69, 9.17) is 23.8 Å². The van der Waals surface area contributed by atoms with E-state index in [1.165, 1.54) is 22.2 Å². The highest BCUT2D eigenvalue weighted by molar-refractivity contribution is 7.71. The zero-order valence-electron chi connectivity index (χ0n) is 15.6. The summed E-state index contributed by atoms with van der Waals surface area (Å²) in [4.78, 5) is 2.43. The first-order valence-corrected chi connectivity index (χ1v) is 9.72. The molecule has 1 aromatic carbocycles. The Hall–Kier alpha value is -1.63. The maximum absolute atomic E-state index is 6.34. The molecule has 0 atom stereocenters. The first-order chi connectivity index (χ1) is 12.3. The van der Waals surface area contributed by atoms with E-state index in [1.54, 1.807) is 0 Å². The SMILES string of the molecule is CN1CCc2c(c3cc(Cl)ccc3n2CCc2n[nH]c(=S)n2C)C1(C)C. The van der Waals surface area contributed by atoms with E-state index in [-0.39, 0.29) is 5.54 Å². The quantitative estimate of drug-likeness (QED) is 0.687. The van der Waals surface area contributed by atoms with Crippen LogP contribution < -0.4 is 0 Å². The number of hydrogen-bond acceptors (Lipinski definition) is 3. The summed E-state index contributed by atoms with van der Waals surface area (Å²) in [6.45, 7) is 6.52. The lowest BCUT2D eigenvalue weighted by molar-refractivity contribution is 0.143. The highest BCUT2D eigenvalue weighted by Crippen LogP contribution is 2.41. The summed E-state index contributed by atoms with van der Waals surface area (Å²) in [6.07, 6.45) is 1.87. The fourth-order valence-electron chi connectivity index (χ4n) is 4.14. The molecule has 7 heteroatoms. The van der Waals surface area contributed by atoms with Crippen LogP contribution in [0.3, 0.4) is 0 Å². The third-order valence-corrected chi connectivity index (χ3v) is 6.51. The van der Waals surface area contributed by atoms with Crippen LogP contribution in [0, 0.1) is 4.77 Å². The second-order valence-electron chi connectivity index (χ2n) is 7.62. The number of hydrogen-bond donors (Lipinski definition) is 1. The molecule has 0 spiro atoms. The molecule has 0 radical (unpaired) electrons. The van der Waals surface area contributed by atoms with Gasteiger partial charge in [-0.1, -0.05) is 11.6 Å². The van der Waals surface area contributed by atoms with E-state index < -0.39 is 0 Å². The number of fused-ring (bicyclic) bond motifs is 3. The second kappa shape index (κ2) is 6.22. The lowest BCUT2D eigenvalue weighted by Gasteiger charge is -2.40. The highest BCUT2D eigenvalue weighted by atomic mass is 35.5. The van der Waals surface area contributed by atoms with E-state index in [0.29, 0.717) is 4.77 Å². The Labute approximate surface area is 163 Å². The Bertz CT molecular complexity index is 1040.